The first-order valence-electron chi connectivity index (χ1n) is 7.09. The molecule has 0 aliphatic heterocycles. The van der Waals surface area contributed by atoms with Crippen molar-refractivity contribution in [2.75, 3.05) is 0 Å². The van der Waals surface area contributed by atoms with Crippen LogP contribution in [0.5, 0.6) is 0 Å². The molecule has 0 fully saturated rings. The normalized spacial score (nSPS) is 12.8. The number of benzene rings is 2. The zero-order valence-corrected chi connectivity index (χ0v) is 11.7. The van der Waals surface area contributed by atoms with E-state index >= 15 is 0 Å². The predicted molar refractivity (Wildman–Crippen MR) is 85.4 cm³/mol. The third-order valence-electron chi connectivity index (χ3n) is 3.99. The Balaban J connectivity index is 1.79. The first kappa shape index (κ1) is 12.1. The topological polar surface area (TPSA) is 41.6 Å². The van der Waals surface area contributed by atoms with Crippen molar-refractivity contribution >= 4 is 21.8 Å². The second kappa shape index (κ2) is 4.70. The lowest BCUT2D eigenvalue weighted by atomic mass is 9.97. The largest absolute Gasteiger partial charge is 0.340 e. The fourth-order valence-electron chi connectivity index (χ4n) is 2.72. The molecule has 21 heavy (non-hydrogen) atoms. The molecule has 0 saturated heterocycles. The Kier molecular flexibility index (Phi) is 2.71. The maximum atomic E-state index is 4.67. The van der Waals surface area contributed by atoms with E-state index in [1.165, 1.54) is 16.3 Å². The maximum absolute atomic E-state index is 4.67. The van der Waals surface area contributed by atoms with Crippen LogP contribution in [0.3, 0.4) is 0 Å². The van der Waals surface area contributed by atoms with Crippen molar-refractivity contribution in [2.45, 2.75) is 12.8 Å². The SMILES string of the molecule is CC(c1ccc2ccccc2c1)c1nc2ccncc2[nH]1. The van der Waals surface area contributed by atoms with Gasteiger partial charge in [-0.3, -0.25) is 4.98 Å². The molecule has 3 nitrogen and oxygen atoms in total. The Hall–Kier alpha value is -2.68. The minimum Gasteiger partial charge on any atom is -0.340 e. The average Bonchev–Trinajstić information content (AvgIpc) is 2.97. The van der Waals surface area contributed by atoms with Crippen molar-refractivity contribution in [1.29, 1.82) is 0 Å². The molecule has 3 heteroatoms. The highest BCUT2D eigenvalue weighted by molar-refractivity contribution is 5.83. The number of imidazole rings is 1. The Morgan fingerprint density at radius 3 is 2.71 bits per heavy atom. The van der Waals surface area contributed by atoms with Crippen LogP contribution in [0.25, 0.3) is 21.8 Å². The summed E-state index contributed by atoms with van der Waals surface area (Å²) in [5, 5.41) is 2.53. The third-order valence-corrected chi connectivity index (χ3v) is 3.99. The van der Waals surface area contributed by atoms with E-state index in [1.54, 1.807) is 6.20 Å². The average molecular weight is 273 g/mol. The number of hydrogen-bond acceptors (Lipinski definition) is 2. The summed E-state index contributed by atoms with van der Waals surface area (Å²) in [6, 6.07) is 16.9. The molecule has 0 amide bonds. The van der Waals surface area contributed by atoms with Crippen LogP contribution in [0.2, 0.25) is 0 Å². The standard InChI is InChI=1S/C18H15N3/c1-12(18-20-16-8-9-19-11-17(16)21-18)14-7-6-13-4-2-3-5-15(13)10-14/h2-12H,1H3,(H,20,21). The second-order valence-corrected chi connectivity index (χ2v) is 5.34. The molecule has 4 rings (SSSR count). The van der Waals surface area contributed by atoms with Gasteiger partial charge < -0.3 is 4.98 Å². The highest BCUT2D eigenvalue weighted by Crippen LogP contribution is 2.26. The van der Waals surface area contributed by atoms with Gasteiger partial charge in [-0.05, 0) is 22.4 Å². The fourth-order valence-corrected chi connectivity index (χ4v) is 2.72. The smallest absolute Gasteiger partial charge is 0.114 e. The molecule has 0 aliphatic rings. The van der Waals surface area contributed by atoms with E-state index in [1.807, 2.05) is 12.3 Å². The van der Waals surface area contributed by atoms with Crippen LogP contribution < -0.4 is 0 Å². The number of aromatic nitrogens is 3. The first-order valence-corrected chi connectivity index (χ1v) is 7.09. The molecule has 0 radical (unpaired) electrons. The summed E-state index contributed by atoms with van der Waals surface area (Å²) in [7, 11) is 0. The third kappa shape index (κ3) is 2.07. The zero-order valence-electron chi connectivity index (χ0n) is 11.7. The maximum Gasteiger partial charge on any atom is 0.114 e. The minimum atomic E-state index is 0.224. The molecule has 2 aromatic carbocycles. The Bertz CT molecular complexity index is 891. The van der Waals surface area contributed by atoms with Gasteiger partial charge in [0, 0.05) is 12.1 Å². The summed E-state index contributed by atoms with van der Waals surface area (Å²) < 4.78 is 0. The van der Waals surface area contributed by atoms with E-state index in [0.717, 1.165) is 16.9 Å². The Morgan fingerprint density at radius 2 is 1.86 bits per heavy atom. The Morgan fingerprint density at radius 1 is 1.00 bits per heavy atom. The van der Waals surface area contributed by atoms with Crippen LogP contribution in [0.15, 0.2) is 60.9 Å². The van der Waals surface area contributed by atoms with E-state index in [9.17, 15) is 0 Å². The van der Waals surface area contributed by atoms with E-state index in [4.69, 9.17) is 0 Å². The second-order valence-electron chi connectivity index (χ2n) is 5.34. The molecular weight excluding hydrogens is 258 g/mol. The molecule has 1 unspecified atom stereocenters. The van der Waals surface area contributed by atoms with Crippen molar-refractivity contribution < 1.29 is 0 Å². The Labute approximate surface area is 122 Å². The lowest BCUT2D eigenvalue weighted by Gasteiger charge is -2.10. The van der Waals surface area contributed by atoms with E-state index in [2.05, 4.69) is 64.3 Å². The number of hydrogen-bond donors (Lipinski definition) is 1. The van der Waals surface area contributed by atoms with Gasteiger partial charge in [0.25, 0.3) is 0 Å². The van der Waals surface area contributed by atoms with E-state index in [0.29, 0.717) is 0 Å². The van der Waals surface area contributed by atoms with Crippen LogP contribution in [-0.2, 0) is 0 Å². The molecule has 0 spiro atoms. The molecule has 2 aromatic heterocycles. The first-order chi connectivity index (χ1) is 10.3. The number of aromatic amines is 1. The molecular formula is C18H15N3. The van der Waals surface area contributed by atoms with Gasteiger partial charge in [-0.2, -0.15) is 0 Å². The van der Waals surface area contributed by atoms with Gasteiger partial charge in [0.1, 0.15) is 5.82 Å². The highest BCUT2D eigenvalue weighted by atomic mass is 14.9. The van der Waals surface area contributed by atoms with Gasteiger partial charge in [0.15, 0.2) is 0 Å². The van der Waals surface area contributed by atoms with Crippen molar-refractivity contribution in [3.63, 3.8) is 0 Å². The number of nitrogens with zero attached hydrogens (tertiary/aromatic N) is 2. The van der Waals surface area contributed by atoms with Crippen molar-refractivity contribution in [2.24, 2.45) is 0 Å². The summed E-state index contributed by atoms with van der Waals surface area (Å²) in [5.41, 5.74) is 3.22. The molecule has 102 valence electrons. The summed E-state index contributed by atoms with van der Waals surface area (Å²) in [4.78, 5) is 12.2. The van der Waals surface area contributed by atoms with Gasteiger partial charge >= 0.3 is 0 Å². The predicted octanol–water partition coefficient (Wildman–Crippen LogP) is 4.26. The van der Waals surface area contributed by atoms with Crippen LogP contribution >= 0.6 is 0 Å². The van der Waals surface area contributed by atoms with E-state index in [-0.39, 0.29) is 5.92 Å². The van der Waals surface area contributed by atoms with Crippen LogP contribution in [-0.4, -0.2) is 15.0 Å². The molecule has 0 saturated carbocycles. The van der Waals surface area contributed by atoms with Crippen molar-refractivity contribution in [3.05, 3.63) is 72.3 Å². The number of pyridine rings is 1. The lowest BCUT2D eigenvalue weighted by molar-refractivity contribution is 0.847. The number of H-pyrrole nitrogens is 1. The van der Waals surface area contributed by atoms with Gasteiger partial charge in [-0.15, -0.1) is 0 Å². The quantitative estimate of drug-likeness (QED) is 0.593. The lowest BCUT2D eigenvalue weighted by Crippen LogP contribution is -1.98. The fraction of sp³-hybridized carbons (Fsp3) is 0.111. The highest BCUT2D eigenvalue weighted by Gasteiger charge is 2.13. The number of fused-ring (bicyclic) bond motifs is 2. The monoisotopic (exact) mass is 273 g/mol. The summed E-state index contributed by atoms with van der Waals surface area (Å²) >= 11 is 0. The molecule has 0 bridgehead atoms. The van der Waals surface area contributed by atoms with Gasteiger partial charge in [-0.1, -0.05) is 49.4 Å². The molecule has 0 aliphatic carbocycles. The van der Waals surface area contributed by atoms with Crippen molar-refractivity contribution in [1.82, 2.24) is 15.0 Å². The van der Waals surface area contributed by atoms with Crippen LogP contribution in [0.1, 0.15) is 24.2 Å². The number of rotatable bonds is 2. The number of nitrogens with one attached hydrogen (secondary N) is 1. The molecule has 1 N–H and O–H groups in total. The van der Waals surface area contributed by atoms with Crippen LogP contribution in [0, 0.1) is 0 Å². The van der Waals surface area contributed by atoms with Gasteiger partial charge in [0.2, 0.25) is 0 Å². The van der Waals surface area contributed by atoms with E-state index < -0.39 is 0 Å². The molecule has 2 heterocycles. The summed E-state index contributed by atoms with van der Waals surface area (Å²) in [6.07, 6.45) is 3.59. The van der Waals surface area contributed by atoms with Gasteiger partial charge in [-0.25, -0.2) is 4.98 Å². The molecule has 4 aromatic rings. The summed E-state index contributed by atoms with van der Waals surface area (Å²) in [6.45, 7) is 2.18. The molecule has 1 atom stereocenters. The summed E-state index contributed by atoms with van der Waals surface area (Å²) in [5.74, 6) is 1.20. The zero-order chi connectivity index (χ0) is 14.2. The van der Waals surface area contributed by atoms with Crippen LogP contribution in [0.4, 0.5) is 0 Å². The van der Waals surface area contributed by atoms with Gasteiger partial charge in [0.05, 0.1) is 17.2 Å². The van der Waals surface area contributed by atoms with Crippen molar-refractivity contribution in [3.8, 4) is 0 Å². The minimum absolute atomic E-state index is 0.224.